The van der Waals surface area contributed by atoms with E-state index in [2.05, 4.69) is 21.3 Å². The molecule has 1 aromatic carbocycles. The summed E-state index contributed by atoms with van der Waals surface area (Å²) in [6, 6.07) is 15.5. The highest BCUT2D eigenvalue weighted by molar-refractivity contribution is 7.18. The second-order valence-corrected chi connectivity index (χ2v) is 10.2. The van der Waals surface area contributed by atoms with Crippen molar-refractivity contribution in [2.45, 2.75) is 25.4 Å². The third kappa shape index (κ3) is 4.27. The quantitative estimate of drug-likeness (QED) is 0.452. The summed E-state index contributed by atoms with van der Waals surface area (Å²) < 4.78 is 3.87. The second kappa shape index (κ2) is 9.14. The molecular formula is C26H26N6O2S. The van der Waals surface area contributed by atoms with Gasteiger partial charge in [-0.25, -0.2) is 9.97 Å². The molecule has 1 amide bonds. The molecule has 4 aromatic rings. The van der Waals surface area contributed by atoms with Crippen LogP contribution in [0.5, 0.6) is 0 Å². The zero-order valence-corrected chi connectivity index (χ0v) is 20.0. The number of imidazole rings is 1. The number of nitrogens with one attached hydrogen (secondary N) is 1. The lowest BCUT2D eigenvalue weighted by molar-refractivity contribution is 0.0956. The molecule has 8 nitrogen and oxygen atoms in total. The van der Waals surface area contributed by atoms with Gasteiger partial charge in [-0.05, 0) is 18.4 Å². The van der Waals surface area contributed by atoms with Crippen LogP contribution < -0.4 is 15.8 Å². The fraction of sp³-hybridized carbons (Fsp3) is 0.308. The van der Waals surface area contributed by atoms with E-state index in [4.69, 9.17) is 4.98 Å². The average Bonchev–Trinajstić information content (AvgIpc) is 3.56. The molecule has 35 heavy (non-hydrogen) atoms. The summed E-state index contributed by atoms with van der Waals surface area (Å²) >= 11 is 1.46. The molecule has 0 aliphatic carbocycles. The van der Waals surface area contributed by atoms with Crippen LogP contribution in [0.25, 0.3) is 11.3 Å². The Labute approximate surface area is 206 Å². The number of benzene rings is 1. The summed E-state index contributed by atoms with van der Waals surface area (Å²) in [7, 11) is 0. The highest BCUT2D eigenvalue weighted by Gasteiger charge is 2.36. The number of carbonyl (C=O) groups excluding carboxylic acids is 1. The minimum Gasteiger partial charge on any atom is -0.349 e. The Morgan fingerprint density at radius 3 is 2.80 bits per heavy atom. The van der Waals surface area contributed by atoms with Crippen molar-refractivity contribution in [2.24, 2.45) is 5.92 Å². The number of pyridine rings is 1. The molecule has 1 N–H and O–H groups in total. The summed E-state index contributed by atoms with van der Waals surface area (Å²) in [4.78, 5) is 37.6. The maximum Gasteiger partial charge on any atom is 0.263 e. The van der Waals surface area contributed by atoms with E-state index in [0.29, 0.717) is 23.9 Å². The normalized spacial score (nSPS) is 18.8. The van der Waals surface area contributed by atoms with Gasteiger partial charge in [-0.1, -0.05) is 47.7 Å². The lowest BCUT2D eigenvalue weighted by Crippen LogP contribution is -2.47. The molecular weight excluding hydrogens is 460 g/mol. The van der Waals surface area contributed by atoms with Crippen molar-refractivity contribution >= 4 is 22.4 Å². The molecule has 1 fully saturated rings. The number of rotatable bonds is 6. The molecule has 2 aliphatic heterocycles. The van der Waals surface area contributed by atoms with Crippen molar-refractivity contribution < 1.29 is 4.79 Å². The van der Waals surface area contributed by atoms with Crippen LogP contribution in [-0.2, 0) is 13.1 Å². The number of nitrogens with zero attached hydrogens (tertiary/aromatic N) is 5. The predicted molar refractivity (Wildman–Crippen MR) is 136 cm³/mol. The maximum absolute atomic E-state index is 13.2. The van der Waals surface area contributed by atoms with Gasteiger partial charge in [0, 0.05) is 68.4 Å². The molecule has 6 rings (SSSR count). The van der Waals surface area contributed by atoms with Crippen LogP contribution in [0.15, 0.2) is 72.0 Å². The third-order valence-electron chi connectivity index (χ3n) is 6.83. The van der Waals surface area contributed by atoms with Gasteiger partial charge in [0.15, 0.2) is 5.13 Å². The molecule has 0 radical (unpaired) electrons. The van der Waals surface area contributed by atoms with Gasteiger partial charge in [0.2, 0.25) is 0 Å². The first-order chi connectivity index (χ1) is 17.2. The lowest BCUT2D eigenvalue weighted by Gasteiger charge is -2.42. The number of hydrogen-bond donors (Lipinski definition) is 1. The standard InChI is InChI=1S/C26H26N6O2S/c33-22-8-4-7-21-20-13-18(15-32(21)22)14-31(16-20)26-29-23(19-5-2-1-3-6-19)24(35-26)25(34)28-10-12-30-11-9-27-17-30/h1-9,11,17-18,20H,10,12-16H2,(H,28,34). The zero-order chi connectivity index (χ0) is 23.8. The van der Waals surface area contributed by atoms with E-state index in [-0.39, 0.29) is 17.4 Å². The van der Waals surface area contributed by atoms with Crippen molar-refractivity contribution in [3.05, 3.63) is 88.2 Å². The van der Waals surface area contributed by atoms with Crippen molar-refractivity contribution in [1.29, 1.82) is 0 Å². The van der Waals surface area contributed by atoms with E-state index >= 15 is 0 Å². The van der Waals surface area contributed by atoms with Gasteiger partial charge in [0.25, 0.3) is 11.5 Å². The van der Waals surface area contributed by atoms with Gasteiger partial charge in [-0.3, -0.25) is 9.59 Å². The Hall–Kier alpha value is -3.72. The minimum atomic E-state index is -0.109. The highest BCUT2D eigenvalue weighted by Crippen LogP contribution is 2.40. The van der Waals surface area contributed by atoms with Crippen molar-refractivity contribution in [1.82, 2.24) is 24.4 Å². The third-order valence-corrected chi connectivity index (χ3v) is 7.95. The van der Waals surface area contributed by atoms with Gasteiger partial charge >= 0.3 is 0 Å². The van der Waals surface area contributed by atoms with Gasteiger partial charge in [-0.2, -0.15) is 0 Å². The molecule has 2 aliphatic rings. The Balaban J connectivity index is 1.28. The van der Waals surface area contributed by atoms with Crippen LogP contribution in [-0.4, -0.2) is 44.6 Å². The molecule has 5 heterocycles. The summed E-state index contributed by atoms with van der Waals surface area (Å²) in [5, 5.41) is 3.91. The first kappa shape index (κ1) is 21.8. The van der Waals surface area contributed by atoms with E-state index in [0.717, 1.165) is 48.1 Å². The van der Waals surface area contributed by atoms with Crippen molar-refractivity contribution in [3.8, 4) is 11.3 Å². The van der Waals surface area contributed by atoms with Gasteiger partial charge < -0.3 is 19.4 Å². The monoisotopic (exact) mass is 486 g/mol. The average molecular weight is 487 g/mol. The molecule has 3 aromatic heterocycles. The van der Waals surface area contributed by atoms with Crippen molar-refractivity contribution in [2.75, 3.05) is 24.5 Å². The summed E-state index contributed by atoms with van der Waals surface area (Å²) in [5.74, 6) is 0.563. The number of carbonyl (C=O) groups is 1. The number of anilines is 1. The number of aromatic nitrogens is 4. The number of thiazole rings is 1. The Bertz CT molecular complexity index is 1390. The van der Waals surface area contributed by atoms with Crippen LogP contribution in [0.3, 0.4) is 0 Å². The summed E-state index contributed by atoms with van der Waals surface area (Å²) in [6.45, 7) is 3.53. The first-order valence-electron chi connectivity index (χ1n) is 11.9. The van der Waals surface area contributed by atoms with E-state index in [9.17, 15) is 9.59 Å². The first-order valence-corrected chi connectivity index (χ1v) is 12.7. The van der Waals surface area contributed by atoms with E-state index in [1.165, 1.54) is 11.3 Å². The van der Waals surface area contributed by atoms with Crippen LogP contribution in [0, 0.1) is 5.92 Å². The Morgan fingerprint density at radius 1 is 1.09 bits per heavy atom. The molecule has 2 unspecified atom stereocenters. The van der Waals surface area contributed by atoms with Crippen LogP contribution >= 0.6 is 11.3 Å². The van der Waals surface area contributed by atoms with Crippen LogP contribution in [0.1, 0.15) is 27.7 Å². The van der Waals surface area contributed by atoms with E-state index < -0.39 is 0 Å². The topological polar surface area (TPSA) is 85.0 Å². The Kier molecular flexibility index (Phi) is 5.69. The minimum absolute atomic E-state index is 0.0842. The summed E-state index contributed by atoms with van der Waals surface area (Å²) in [6.07, 6.45) is 6.43. The number of piperidine rings is 1. The van der Waals surface area contributed by atoms with Gasteiger partial charge in [0.05, 0.1) is 12.0 Å². The smallest absolute Gasteiger partial charge is 0.263 e. The maximum atomic E-state index is 13.2. The van der Waals surface area contributed by atoms with Gasteiger partial charge in [-0.15, -0.1) is 0 Å². The molecule has 2 atom stereocenters. The summed E-state index contributed by atoms with van der Waals surface area (Å²) in [5.41, 5.74) is 2.85. The van der Waals surface area contributed by atoms with Crippen LogP contribution in [0.2, 0.25) is 0 Å². The fourth-order valence-electron chi connectivity index (χ4n) is 5.24. The number of hydrogen-bond acceptors (Lipinski definition) is 6. The molecule has 0 spiro atoms. The van der Waals surface area contributed by atoms with Crippen LogP contribution in [0.4, 0.5) is 5.13 Å². The molecule has 178 valence electrons. The molecule has 9 heteroatoms. The molecule has 2 bridgehead atoms. The fourth-order valence-corrected chi connectivity index (χ4v) is 6.26. The van der Waals surface area contributed by atoms with E-state index in [1.54, 1.807) is 18.6 Å². The largest absolute Gasteiger partial charge is 0.349 e. The predicted octanol–water partition coefficient (Wildman–Crippen LogP) is 3.22. The Morgan fingerprint density at radius 2 is 1.97 bits per heavy atom. The number of fused-ring (bicyclic) bond motifs is 4. The van der Waals surface area contributed by atoms with Crippen molar-refractivity contribution in [3.63, 3.8) is 0 Å². The lowest BCUT2D eigenvalue weighted by atomic mass is 9.83. The number of amides is 1. The molecule has 0 saturated carbocycles. The second-order valence-electron chi connectivity index (χ2n) is 9.20. The zero-order valence-electron chi connectivity index (χ0n) is 19.2. The van der Waals surface area contributed by atoms with Gasteiger partial charge in [0.1, 0.15) is 4.88 Å². The highest BCUT2D eigenvalue weighted by atomic mass is 32.1. The van der Waals surface area contributed by atoms with E-state index in [1.807, 2.05) is 51.7 Å². The SMILES string of the molecule is O=C(NCCn1ccnc1)c1sc(N2CC3CC(C2)c2cccc(=O)n2C3)nc1-c1ccccc1. The molecule has 1 saturated heterocycles.